The Labute approximate surface area is 70.6 Å². The molecule has 0 bridgehead atoms. The van der Waals surface area contributed by atoms with Crippen LogP contribution < -0.4 is 5.32 Å². The molecule has 3 atom stereocenters. The molecule has 1 nitrogen and oxygen atoms in total. The highest BCUT2D eigenvalue weighted by atomic mass is 14.9. The van der Waals surface area contributed by atoms with Gasteiger partial charge in [-0.3, -0.25) is 0 Å². The Morgan fingerprint density at radius 2 is 2.18 bits per heavy atom. The summed E-state index contributed by atoms with van der Waals surface area (Å²) in [6.07, 6.45) is 2.76. The molecule has 0 aromatic carbocycles. The smallest absolute Gasteiger partial charge is 0.00177 e. The quantitative estimate of drug-likeness (QED) is 0.645. The molecule has 0 aromatic heterocycles. The van der Waals surface area contributed by atoms with Gasteiger partial charge in [0.05, 0.1) is 0 Å². The summed E-state index contributed by atoms with van der Waals surface area (Å²) < 4.78 is 0. The lowest BCUT2D eigenvalue weighted by Crippen LogP contribution is -2.37. The van der Waals surface area contributed by atoms with Crippen molar-refractivity contribution in [2.24, 2.45) is 17.8 Å². The van der Waals surface area contributed by atoms with Crippen molar-refractivity contribution in [2.45, 2.75) is 33.6 Å². The highest BCUT2D eigenvalue weighted by molar-refractivity contribution is 4.76. The van der Waals surface area contributed by atoms with Gasteiger partial charge in [-0.25, -0.2) is 0 Å². The van der Waals surface area contributed by atoms with Gasteiger partial charge in [0.2, 0.25) is 0 Å². The first kappa shape index (κ1) is 9.05. The maximum atomic E-state index is 3.50. The molecule has 1 heterocycles. The van der Waals surface area contributed by atoms with Crippen LogP contribution in [0.3, 0.4) is 0 Å². The first-order chi connectivity index (χ1) is 5.24. The van der Waals surface area contributed by atoms with E-state index in [9.17, 15) is 0 Å². The minimum absolute atomic E-state index is 0.891. The summed E-state index contributed by atoms with van der Waals surface area (Å²) in [6.45, 7) is 9.50. The highest BCUT2D eigenvalue weighted by Crippen LogP contribution is 2.24. The van der Waals surface area contributed by atoms with Crippen molar-refractivity contribution in [2.75, 3.05) is 13.1 Å². The van der Waals surface area contributed by atoms with E-state index in [2.05, 4.69) is 26.1 Å². The fourth-order valence-corrected chi connectivity index (χ4v) is 1.97. The van der Waals surface area contributed by atoms with Crippen molar-refractivity contribution in [1.82, 2.24) is 5.32 Å². The third-order valence-corrected chi connectivity index (χ3v) is 3.05. The van der Waals surface area contributed by atoms with Gasteiger partial charge >= 0.3 is 0 Å². The summed E-state index contributed by atoms with van der Waals surface area (Å²) in [5.74, 6) is 2.73. The van der Waals surface area contributed by atoms with Crippen LogP contribution in [-0.4, -0.2) is 13.1 Å². The van der Waals surface area contributed by atoms with Crippen LogP contribution in [0.25, 0.3) is 0 Å². The zero-order valence-electron chi connectivity index (χ0n) is 8.06. The number of hydrogen-bond acceptors (Lipinski definition) is 1. The van der Waals surface area contributed by atoms with Gasteiger partial charge in [0.1, 0.15) is 0 Å². The lowest BCUT2D eigenvalue weighted by molar-refractivity contribution is 0.228. The molecular weight excluding hydrogens is 134 g/mol. The average Bonchev–Trinajstić information content (AvgIpc) is 2.03. The second-order valence-corrected chi connectivity index (χ2v) is 4.14. The Hall–Kier alpha value is -0.0400. The Balaban J connectivity index is 2.33. The van der Waals surface area contributed by atoms with E-state index in [1.165, 1.54) is 25.9 Å². The minimum atomic E-state index is 0.891. The molecule has 0 saturated carbocycles. The van der Waals surface area contributed by atoms with Crippen LogP contribution >= 0.6 is 0 Å². The molecule has 1 aliphatic rings. The zero-order chi connectivity index (χ0) is 8.27. The first-order valence-corrected chi connectivity index (χ1v) is 4.94. The Bertz CT molecular complexity index is 111. The lowest BCUT2D eigenvalue weighted by atomic mass is 9.82. The predicted octanol–water partition coefficient (Wildman–Crippen LogP) is 2.28. The number of piperidine rings is 1. The van der Waals surface area contributed by atoms with E-state index in [0.717, 1.165) is 17.8 Å². The Kier molecular flexibility index (Phi) is 3.38. The van der Waals surface area contributed by atoms with Gasteiger partial charge in [0.25, 0.3) is 0 Å². The van der Waals surface area contributed by atoms with Crippen molar-refractivity contribution < 1.29 is 0 Å². The van der Waals surface area contributed by atoms with E-state index in [0.29, 0.717) is 0 Å². The standard InChI is InChI=1S/C10H21N/c1-4-9(3)10-5-8(2)6-11-7-10/h8-11H,4-7H2,1-3H3. The molecule has 0 radical (unpaired) electrons. The van der Waals surface area contributed by atoms with E-state index >= 15 is 0 Å². The van der Waals surface area contributed by atoms with Crippen molar-refractivity contribution in [3.8, 4) is 0 Å². The topological polar surface area (TPSA) is 12.0 Å². The molecule has 3 unspecified atom stereocenters. The van der Waals surface area contributed by atoms with E-state index in [1.54, 1.807) is 0 Å². The Morgan fingerprint density at radius 1 is 1.45 bits per heavy atom. The molecule has 0 aliphatic carbocycles. The van der Waals surface area contributed by atoms with Crippen LogP contribution in [0.4, 0.5) is 0 Å². The molecule has 1 saturated heterocycles. The number of rotatable bonds is 2. The summed E-state index contributed by atoms with van der Waals surface area (Å²) in [6, 6.07) is 0. The van der Waals surface area contributed by atoms with Crippen molar-refractivity contribution in [1.29, 1.82) is 0 Å². The summed E-state index contributed by atoms with van der Waals surface area (Å²) in [5, 5.41) is 3.50. The van der Waals surface area contributed by atoms with Gasteiger partial charge in [-0.1, -0.05) is 27.2 Å². The largest absolute Gasteiger partial charge is 0.316 e. The fraction of sp³-hybridized carbons (Fsp3) is 1.00. The minimum Gasteiger partial charge on any atom is -0.316 e. The lowest BCUT2D eigenvalue weighted by Gasteiger charge is -2.31. The van der Waals surface area contributed by atoms with Crippen LogP contribution in [0.2, 0.25) is 0 Å². The summed E-state index contributed by atoms with van der Waals surface area (Å²) in [5.41, 5.74) is 0. The number of hydrogen-bond donors (Lipinski definition) is 1. The third kappa shape index (κ3) is 2.48. The van der Waals surface area contributed by atoms with E-state index in [4.69, 9.17) is 0 Å². The van der Waals surface area contributed by atoms with Crippen LogP contribution in [0.1, 0.15) is 33.6 Å². The van der Waals surface area contributed by atoms with E-state index in [-0.39, 0.29) is 0 Å². The van der Waals surface area contributed by atoms with Gasteiger partial charge < -0.3 is 5.32 Å². The second kappa shape index (κ2) is 4.10. The SMILES string of the molecule is CCC(C)C1CNCC(C)C1. The first-order valence-electron chi connectivity index (χ1n) is 4.94. The molecule has 0 spiro atoms. The molecule has 0 aromatic rings. The highest BCUT2D eigenvalue weighted by Gasteiger charge is 2.21. The molecule has 1 rings (SSSR count). The zero-order valence-corrected chi connectivity index (χ0v) is 8.06. The van der Waals surface area contributed by atoms with Crippen LogP contribution in [0.5, 0.6) is 0 Å². The van der Waals surface area contributed by atoms with Gasteiger partial charge in [0.15, 0.2) is 0 Å². The number of nitrogens with one attached hydrogen (secondary N) is 1. The normalized spacial score (nSPS) is 35.2. The molecule has 66 valence electrons. The van der Waals surface area contributed by atoms with Gasteiger partial charge in [-0.15, -0.1) is 0 Å². The van der Waals surface area contributed by atoms with E-state index < -0.39 is 0 Å². The molecule has 1 aliphatic heterocycles. The van der Waals surface area contributed by atoms with Crippen molar-refractivity contribution >= 4 is 0 Å². The molecule has 0 amide bonds. The molecule has 1 heteroatoms. The predicted molar refractivity (Wildman–Crippen MR) is 49.6 cm³/mol. The van der Waals surface area contributed by atoms with Gasteiger partial charge in [-0.2, -0.15) is 0 Å². The van der Waals surface area contributed by atoms with Crippen LogP contribution in [0.15, 0.2) is 0 Å². The average molecular weight is 155 g/mol. The third-order valence-electron chi connectivity index (χ3n) is 3.05. The van der Waals surface area contributed by atoms with Crippen molar-refractivity contribution in [3.63, 3.8) is 0 Å². The molecule has 1 N–H and O–H groups in total. The van der Waals surface area contributed by atoms with Crippen LogP contribution in [-0.2, 0) is 0 Å². The Morgan fingerprint density at radius 3 is 2.73 bits per heavy atom. The van der Waals surface area contributed by atoms with Gasteiger partial charge in [0, 0.05) is 0 Å². The maximum absolute atomic E-state index is 3.50. The van der Waals surface area contributed by atoms with Crippen molar-refractivity contribution in [3.05, 3.63) is 0 Å². The molecular formula is C10H21N. The second-order valence-electron chi connectivity index (χ2n) is 4.14. The van der Waals surface area contributed by atoms with Gasteiger partial charge in [-0.05, 0) is 37.3 Å². The summed E-state index contributed by atoms with van der Waals surface area (Å²) in [4.78, 5) is 0. The molecule has 1 fully saturated rings. The van der Waals surface area contributed by atoms with Crippen LogP contribution in [0, 0.1) is 17.8 Å². The summed E-state index contributed by atoms with van der Waals surface area (Å²) in [7, 11) is 0. The summed E-state index contributed by atoms with van der Waals surface area (Å²) >= 11 is 0. The maximum Gasteiger partial charge on any atom is -0.00177 e. The molecule has 11 heavy (non-hydrogen) atoms. The monoisotopic (exact) mass is 155 g/mol. The fourth-order valence-electron chi connectivity index (χ4n) is 1.97. The van der Waals surface area contributed by atoms with E-state index in [1.807, 2.05) is 0 Å².